The van der Waals surface area contributed by atoms with Crippen molar-refractivity contribution in [2.24, 2.45) is 0 Å². The maximum atomic E-state index is 14.5. The summed E-state index contributed by atoms with van der Waals surface area (Å²) >= 11 is 12.2. The first kappa shape index (κ1) is 28.1. The maximum Gasteiger partial charge on any atom is 0.324 e. The lowest BCUT2D eigenvalue weighted by molar-refractivity contribution is -0.121. The molecule has 0 bridgehead atoms. The van der Waals surface area contributed by atoms with Gasteiger partial charge in [-0.3, -0.25) is 10.1 Å². The largest absolute Gasteiger partial charge is 0.394 e. The SMILES string of the molecule is O=C(Cc1ccc(-n2nc(-c3ccccc3F)cc2NC(=O)Nc2cccc(Cl)c2Cl)cc1)NCC(O)CO. The van der Waals surface area contributed by atoms with Gasteiger partial charge in [-0.25, -0.2) is 13.9 Å². The van der Waals surface area contributed by atoms with E-state index in [4.69, 9.17) is 28.3 Å². The predicted octanol–water partition coefficient (Wildman–Crippen LogP) is 4.64. The number of rotatable bonds is 9. The van der Waals surface area contributed by atoms with Crippen molar-refractivity contribution in [1.82, 2.24) is 15.1 Å². The van der Waals surface area contributed by atoms with Gasteiger partial charge in [0, 0.05) is 18.2 Å². The Kier molecular flexibility index (Phi) is 9.15. The molecule has 1 unspecified atom stereocenters. The molecule has 0 spiro atoms. The van der Waals surface area contributed by atoms with E-state index in [9.17, 15) is 19.1 Å². The van der Waals surface area contributed by atoms with E-state index in [0.29, 0.717) is 16.9 Å². The Labute approximate surface area is 233 Å². The summed E-state index contributed by atoms with van der Waals surface area (Å²) in [7, 11) is 0. The van der Waals surface area contributed by atoms with Crippen molar-refractivity contribution < 1.29 is 24.2 Å². The highest BCUT2D eigenvalue weighted by atomic mass is 35.5. The molecular formula is C27H24Cl2FN5O4. The fourth-order valence-electron chi connectivity index (χ4n) is 3.64. The number of aromatic nitrogens is 2. The summed E-state index contributed by atoms with van der Waals surface area (Å²) in [5.41, 5.74) is 2.05. The molecule has 12 heteroatoms. The van der Waals surface area contributed by atoms with Crippen molar-refractivity contribution >= 4 is 46.6 Å². The molecule has 4 rings (SSSR count). The third-order valence-electron chi connectivity index (χ3n) is 5.59. The molecule has 0 aliphatic heterocycles. The Bertz CT molecular complexity index is 1480. The first-order valence-corrected chi connectivity index (χ1v) is 12.5. The van der Waals surface area contributed by atoms with Crippen LogP contribution >= 0.6 is 23.2 Å². The second-order valence-electron chi connectivity index (χ2n) is 8.47. The van der Waals surface area contributed by atoms with Crippen molar-refractivity contribution in [1.29, 1.82) is 0 Å². The number of aliphatic hydroxyl groups is 2. The molecule has 5 N–H and O–H groups in total. The number of nitrogens with one attached hydrogen (secondary N) is 3. The zero-order chi connectivity index (χ0) is 27.9. The molecule has 0 radical (unpaired) electrons. The van der Waals surface area contributed by atoms with Gasteiger partial charge in [0.1, 0.15) is 11.6 Å². The fraction of sp³-hybridized carbons (Fsp3) is 0.148. The molecule has 1 heterocycles. The van der Waals surface area contributed by atoms with Crippen molar-refractivity contribution in [3.8, 4) is 16.9 Å². The van der Waals surface area contributed by atoms with Gasteiger partial charge in [0.15, 0.2) is 0 Å². The highest BCUT2D eigenvalue weighted by Crippen LogP contribution is 2.30. The summed E-state index contributed by atoms with van der Waals surface area (Å²) in [5.74, 6) is -0.557. The molecule has 3 aromatic carbocycles. The van der Waals surface area contributed by atoms with E-state index in [1.165, 1.54) is 16.8 Å². The van der Waals surface area contributed by atoms with Gasteiger partial charge in [0.2, 0.25) is 5.91 Å². The standard InChI is InChI=1S/C27H24Cl2FN5O4/c28-20-5-3-7-22(26(20)29)32-27(39)33-24-13-23(19-4-1-2-6-21(19)30)34-35(24)17-10-8-16(9-11-17)12-25(38)31-14-18(37)15-36/h1-11,13,18,36-37H,12,14-15H2,(H,31,38)(H2,32,33,39). The Hall–Kier alpha value is -3.96. The van der Waals surface area contributed by atoms with Crippen LogP contribution < -0.4 is 16.0 Å². The molecule has 3 amide bonds. The minimum atomic E-state index is -1.03. The number of benzene rings is 3. The number of hydrogen-bond donors (Lipinski definition) is 5. The van der Waals surface area contributed by atoms with Gasteiger partial charge in [0.05, 0.1) is 46.2 Å². The number of nitrogens with zero attached hydrogens (tertiary/aromatic N) is 2. The van der Waals surface area contributed by atoms with Crippen LogP contribution in [0.1, 0.15) is 5.56 Å². The highest BCUT2D eigenvalue weighted by Gasteiger charge is 2.17. The van der Waals surface area contributed by atoms with Gasteiger partial charge in [-0.2, -0.15) is 5.10 Å². The smallest absolute Gasteiger partial charge is 0.324 e. The molecule has 1 aromatic heterocycles. The number of urea groups is 1. The molecule has 0 aliphatic carbocycles. The molecular weight excluding hydrogens is 548 g/mol. The molecule has 39 heavy (non-hydrogen) atoms. The molecule has 1 atom stereocenters. The van der Waals surface area contributed by atoms with Crippen LogP contribution in [-0.2, 0) is 11.2 Å². The molecule has 0 saturated carbocycles. The lowest BCUT2D eigenvalue weighted by Gasteiger charge is -2.12. The summed E-state index contributed by atoms with van der Waals surface area (Å²) in [6.07, 6.45) is -0.982. The van der Waals surface area contributed by atoms with Gasteiger partial charge < -0.3 is 20.8 Å². The van der Waals surface area contributed by atoms with E-state index in [0.717, 1.165) is 0 Å². The van der Waals surface area contributed by atoms with Crippen molar-refractivity contribution in [2.75, 3.05) is 23.8 Å². The number of aliphatic hydroxyl groups excluding tert-OH is 2. The summed E-state index contributed by atoms with van der Waals surface area (Å²) in [6, 6.07) is 18.7. The molecule has 0 fully saturated rings. The van der Waals surface area contributed by atoms with Crippen molar-refractivity contribution in [2.45, 2.75) is 12.5 Å². The van der Waals surface area contributed by atoms with E-state index in [2.05, 4.69) is 21.0 Å². The van der Waals surface area contributed by atoms with Gasteiger partial charge in [-0.05, 0) is 42.0 Å². The van der Waals surface area contributed by atoms with Crippen LogP contribution in [0, 0.1) is 5.82 Å². The first-order chi connectivity index (χ1) is 18.7. The van der Waals surface area contributed by atoms with Crippen LogP contribution in [0.5, 0.6) is 0 Å². The molecule has 4 aromatic rings. The predicted molar refractivity (Wildman–Crippen MR) is 148 cm³/mol. The maximum absolute atomic E-state index is 14.5. The van der Waals surface area contributed by atoms with Crippen LogP contribution in [0.25, 0.3) is 16.9 Å². The van der Waals surface area contributed by atoms with Gasteiger partial charge >= 0.3 is 6.03 Å². The van der Waals surface area contributed by atoms with Crippen LogP contribution in [0.2, 0.25) is 10.0 Å². The summed E-state index contributed by atoms with van der Waals surface area (Å²) in [4.78, 5) is 25.0. The number of carbonyl (C=O) groups is 2. The van der Waals surface area contributed by atoms with E-state index in [1.54, 1.807) is 60.7 Å². The number of halogens is 3. The first-order valence-electron chi connectivity index (χ1n) is 11.8. The van der Waals surface area contributed by atoms with Gasteiger partial charge in [-0.15, -0.1) is 0 Å². The lowest BCUT2D eigenvalue weighted by atomic mass is 10.1. The number of carbonyl (C=O) groups excluding carboxylic acids is 2. The van der Waals surface area contributed by atoms with E-state index >= 15 is 0 Å². The monoisotopic (exact) mass is 571 g/mol. The zero-order valence-corrected chi connectivity index (χ0v) is 21.9. The van der Waals surface area contributed by atoms with Crippen LogP contribution in [0.15, 0.2) is 72.8 Å². The molecule has 9 nitrogen and oxygen atoms in total. The third-order valence-corrected chi connectivity index (χ3v) is 6.41. The lowest BCUT2D eigenvalue weighted by Crippen LogP contribution is -2.34. The Morgan fingerprint density at radius 2 is 1.74 bits per heavy atom. The second-order valence-corrected chi connectivity index (χ2v) is 9.26. The van der Waals surface area contributed by atoms with Crippen molar-refractivity contribution in [3.05, 3.63) is 94.2 Å². The van der Waals surface area contributed by atoms with E-state index in [1.807, 2.05) is 0 Å². The average Bonchev–Trinajstić information content (AvgIpc) is 3.33. The normalized spacial score (nSPS) is 11.6. The topological polar surface area (TPSA) is 129 Å². The second kappa shape index (κ2) is 12.7. The van der Waals surface area contributed by atoms with Gasteiger partial charge in [-0.1, -0.05) is 53.5 Å². The number of hydrogen-bond acceptors (Lipinski definition) is 5. The van der Waals surface area contributed by atoms with Crippen LogP contribution in [0.3, 0.4) is 0 Å². The Morgan fingerprint density at radius 1 is 1.00 bits per heavy atom. The van der Waals surface area contributed by atoms with Crippen LogP contribution in [-0.4, -0.2) is 51.2 Å². The fourth-order valence-corrected chi connectivity index (χ4v) is 3.98. The van der Waals surface area contributed by atoms with Crippen molar-refractivity contribution in [3.63, 3.8) is 0 Å². The zero-order valence-electron chi connectivity index (χ0n) is 20.4. The summed E-state index contributed by atoms with van der Waals surface area (Å²) in [6.45, 7) is -0.509. The molecule has 0 saturated heterocycles. The van der Waals surface area contributed by atoms with E-state index < -0.39 is 24.6 Å². The third kappa shape index (κ3) is 7.12. The minimum Gasteiger partial charge on any atom is -0.394 e. The quantitative estimate of drug-likeness (QED) is 0.200. The minimum absolute atomic E-state index is 0.0475. The Balaban J connectivity index is 1.58. The summed E-state index contributed by atoms with van der Waals surface area (Å²) < 4.78 is 16.0. The van der Waals surface area contributed by atoms with Gasteiger partial charge in [0.25, 0.3) is 0 Å². The number of anilines is 2. The van der Waals surface area contributed by atoms with Crippen LogP contribution in [0.4, 0.5) is 20.7 Å². The van der Waals surface area contributed by atoms with E-state index in [-0.39, 0.29) is 46.0 Å². The number of amides is 3. The average molecular weight is 572 g/mol. The summed E-state index contributed by atoms with van der Waals surface area (Å²) in [5, 5.41) is 31.1. The highest BCUT2D eigenvalue weighted by molar-refractivity contribution is 6.44. The Morgan fingerprint density at radius 3 is 2.46 bits per heavy atom. The molecule has 0 aliphatic rings. The molecule has 202 valence electrons.